The van der Waals surface area contributed by atoms with Crippen LogP contribution >= 0.6 is 11.6 Å². The number of hydrogen-bond acceptors (Lipinski definition) is 3. The second kappa shape index (κ2) is 5.31. The van der Waals surface area contributed by atoms with Crippen molar-refractivity contribution in [2.24, 2.45) is 11.8 Å². The molecule has 4 nitrogen and oxygen atoms in total. The number of aromatic nitrogens is 2. The summed E-state index contributed by atoms with van der Waals surface area (Å²) in [7, 11) is 1.44. The van der Waals surface area contributed by atoms with Crippen molar-refractivity contribution >= 4 is 17.6 Å². The number of methoxy groups -OCH3 is 1. The third-order valence-electron chi connectivity index (χ3n) is 3.36. The summed E-state index contributed by atoms with van der Waals surface area (Å²) in [5.41, 5.74) is 1.06. The Hall–Kier alpha value is -1.03. The molecule has 1 aliphatic rings. The standard InChI is InChI=1S/C13H19ClN2O2/c1-8(2)6-11-15-12(14)10-5-4-9(7-16(10)11)13(17)18-3/h8-9H,4-7H2,1-3H3. The van der Waals surface area contributed by atoms with Gasteiger partial charge in [0.15, 0.2) is 5.15 Å². The van der Waals surface area contributed by atoms with Crippen LogP contribution in [0.15, 0.2) is 0 Å². The number of esters is 1. The Kier molecular flexibility index (Phi) is 3.95. The van der Waals surface area contributed by atoms with Crippen molar-refractivity contribution in [1.82, 2.24) is 9.55 Å². The summed E-state index contributed by atoms with van der Waals surface area (Å²) < 4.78 is 6.93. The smallest absolute Gasteiger partial charge is 0.310 e. The number of carbonyl (C=O) groups is 1. The fraction of sp³-hybridized carbons (Fsp3) is 0.692. The van der Waals surface area contributed by atoms with Gasteiger partial charge in [-0.25, -0.2) is 4.98 Å². The number of nitrogens with zero attached hydrogens (tertiary/aromatic N) is 2. The highest BCUT2D eigenvalue weighted by Gasteiger charge is 2.29. The van der Waals surface area contributed by atoms with Gasteiger partial charge in [0.25, 0.3) is 0 Å². The van der Waals surface area contributed by atoms with Gasteiger partial charge in [-0.2, -0.15) is 0 Å². The van der Waals surface area contributed by atoms with Crippen LogP contribution in [0.3, 0.4) is 0 Å². The van der Waals surface area contributed by atoms with Gasteiger partial charge in [-0.3, -0.25) is 4.79 Å². The highest BCUT2D eigenvalue weighted by atomic mass is 35.5. The molecule has 1 aromatic heterocycles. The van der Waals surface area contributed by atoms with E-state index >= 15 is 0 Å². The van der Waals surface area contributed by atoms with Crippen LogP contribution in [-0.4, -0.2) is 22.6 Å². The summed E-state index contributed by atoms with van der Waals surface area (Å²) in [6.45, 7) is 4.94. The quantitative estimate of drug-likeness (QED) is 0.793. The van der Waals surface area contributed by atoms with E-state index in [4.69, 9.17) is 16.3 Å². The van der Waals surface area contributed by atoms with E-state index in [1.165, 1.54) is 7.11 Å². The Labute approximate surface area is 112 Å². The Morgan fingerprint density at radius 2 is 2.33 bits per heavy atom. The summed E-state index contributed by atoms with van der Waals surface area (Å²) in [5.74, 6) is 1.30. The van der Waals surface area contributed by atoms with E-state index in [0.29, 0.717) is 17.6 Å². The molecular formula is C13H19ClN2O2. The summed E-state index contributed by atoms with van der Waals surface area (Å²) >= 11 is 6.16. The van der Waals surface area contributed by atoms with E-state index in [0.717, 1.165) is 30.8 Å². The fourth-order valence-electron chi connectivity index (χ4n) is 2.46. The highest BCUT2D eigenvalue weighted by Crippen LogP contribution is 2.28. The first-order valence-electron chi connectivity index (χ1n) is 6.34. The number of halogens is 1. The van der Waals surface area contributed by atoms with E-state index in [9.17, 15) is 4.79 Å². The zero-order valence-corrected chi connectivity index (χ0v) is 11.8. The maximum Gasteiger partial charge on any atom is 0.310 e. The maximum absolute atomic E-state index is 11.6. The Morgan fingerprint density at radius 1 is 1.61 bits per heavy atom. The largest absolute Gasteiger partial charge is 0.469 e. The van der Waals surface area contributed by atoms with Crippen LogP contribution in [0.4, 0.5) is 0 Å². The first kappa shape index (κ1) is 13.4. The molecule has 1 atom stereocenters. The van der Waals surface area contributed by atoms with Crippen molar-refractivity contribution in [2.45, 2.75) is 39.7 Å². The van der Waals surface area contributed by atoms with Gasteiger partial charge in [-0.1, -0.05) is 25.4 Å². The van der Waals surface area contributed by atoms with Crippen LogP contribution in [0.5, 0.6) is 0 Å². The van der Waals surface area contributed by atoms with Crippen LogP contribution in [0, 0.1) is 11.8 Å². The molecule has 0 N–H and O–H groups in total. The molecule has 0 saturated heterocycles. The number of fused-ring (bicyclic) bond motifs is 1. The second-order valence-electron chi connectivity index (χ2n) is 5.23. The van der Waals surface area contributed by atoms with Crippen molar-refractivity contribution < 1.29 is 9.53 Å². The Morgan fingerprint density at radius 3 is 2.94 bits per heavy atom. The van der Waals surface area contributed by atoms with E-state index < -0.39 is 0 Å². The molecule has 100 valence electrons. The van der Waals surface area contributed by atoms with Crippen molar-refractivity contribution in [2.75, 3.05) is 7.11 Å². The van der Waals surface area contributed by atoms with E-state index in [2.05, 4.69) is 23.4 Å². The summed E-state index contributed by atoms with van der Waals surface area (Å²) in [6.07, 6.45) is 2.47. The van der Waals surface area contributed by atoms with E-state index in [1.807, 2.05) is 0 Å². The molecule has 18 heavy (non-hydrogen) atoms. The zero-order chi connectivity index (χ0) is 13.3. The third kappa shape index (κ3) is 2.53. The molecule has 0 spiro atoms. The highest BCUT2D eigenvalue weighted by molar-refractivity contribution is 6.30. The number of rotatable bonds is 3. The lowest BCUT2D eigenvalue weighted by atomic mass is 9.98. The maximum atomic E-state index is 11.6. The lowest BCUT2D eigenvalue weighted by Crippen LogP contribution is -2.28. The zero-order valence-electron chi connectivity index (χ0n) is 11.1. The molecule has 1 unspecified atom stereocenters. The van der Waals surface area contributed by atoms with E-state index in [1.54, 1.807) is 0 Å². The van der Waals surface area contributed by atoms with Crippen LogP contribution < -0.4 is 0 Å². The second-order valence-corrected chi connectivity index (χ2v) is 5.59. The van der Waals surface area contributed by atoms with Crippen molar-refractivity contribution in [1.29, 1.82) is 0 Å². The van der Waals surface area contributed by atoms with Gasteiger partial charge in [0, 0.05) is 13.0 Å². The molecule has 1 aliphatic heterocycles. The van der Waals surface area contributed by atoms with Crippen LogP contribution in [0.2, 0.25) is 5.15 Å². The molecule has 0 bridgehead atoms. The SMILES string of the molecule is COC(=O)C1CCc2c(Cl)nc(CC(C)C)n2C1. The molecule has 0 amide bonds. The minimum Gasteiger partial charge on any atom is -0.469 e. The van der Waals surface area contributed by atoms with Crippen molar-refractivity contribution in [3.63, 3.8) is 0 Å². The predicted molar refractivity (Wildman–Crippen MR) is 69.6 cm³/mol. The van der Waals surface area contributed by atoms with Gasteiger partial charge in [0.1, 0.15) is 5.82 Å². The number of carbonyl (C=O) groups excluding carboxylic acids is 1. The summed E-state index contributed by atoms with van der Waals surface area (Å²) in [4.78, 5) is 16.1. The molecule has 0 aliphatic carbocycles. The molecule has 1 aromatic rings. The molecule has 2 rings (SSSR count). The fourth-order valence-corrected chi connectivity index (χ4v) is 2.76. The van der Waals surface area contributed by atoms with Gasteiger partial charge in [0.05, 0.1) is 18.7 Å². The molecular weight excluding hydrogens is 252 g/mol. The number of ether oxygens (including phenoxy) is 1. The lowest BCUT2D eigenvalue weighted by Gasteiger charge is -2.24. The Bertz CT molecular complexity index is 454. The van der Waals surface area contributed by atoms with Crippen molar-refractivity contribution in [3.05, 3.63) is 16.7 Å². The van der Waals surface area contributed by atoms with Gasteiger partial charge in [-0.15, -0.1) is 0 Å². The number of imidazole rings is 1. The molecule has 0 aromatic carbocycles. The van der Waals surface area contributed by atoms with Gasteiger partial charge in [0.2, 0.25) is 0 Å². The molecule has 2 heterocycles. The van der Waals surface area contributed by atoms with Crippen LogP contribution in [-0.2, 0) is 28.9 Å². The Balaban J connectivity index is 2.26. The van der Waals surface area contributed by atoms with Gasteiger partial charge >= 0.3 is 5.97 Å². The van der Waals surface area contributed by atoms with Crippen LogP contribution in [0.1, 0.15) is 31.8 Å². The molecule has 0 fully saturated rings. The topological polar surface area (TPSA) is 44.1 Å². The normalized spacial score (nSPS) is 18.8. The minimum absolute atomic E-state index is 0.0707. The van der Waals surface area contributed by atoms with Gasteiger partial charge < -0.3 is 9.30 Å². The third-order valence-corrected chi connectivity index (χ3v) is 3.66. The predicted octanol–water partition coefficient (Wildman–Crippen LogP) is 2.47. The average Bonchev–Trinajstić information content (AvgIpc) is 2.64. The summed E-state index contributed by atoms with van der Waals surface area (Å²) in [6, 6.07) is 0. The van der Waals surface area contributed by atoms with Gasteiger partial charge in [-0.05, 0) is 18.8 Å². The van der Waals surface area contributed by atoms with Crippen molar-refractivity contribution in [3.8, 4) is 0 Å². The molecule has 0 radical (unpaired) electrons. The van der Waals surface area contributed by atoms with E-state index in [-0.39, 0.29) is 11.9 Å². The van der Waals surface area contributed by atoms with Crippen LogP contribution in [0.25, 0.3) is 0 Å². The summed E-state index contributed by atoms with van der Waals surface area (Å²) in [5, 5.41) is 0.592. The molecule has 0 saturated carbocycles. The average molecular weight is 271 g/mol. The number of hydrogen-bond donors (Lipinski definition) is 0. The lowest BCUT2D eigenvalue weighted by molar-refractivity contribution is -0.146. The molecule has 5 heteroatoms. The minimum atomic E-state index is -0.138. The monoisotopic (exact) mass is 270 g/mol. The first-order chi connectivity index (χ1) is 8.52. The first-order valence-corrected chi connectivity index (χ1v) is 6.72.